The molecular formula is C18H20N6O. The molecule has 1 heterocycles. The molecule has 1 amide bonds. The third-order valence-electron chi connectivity index (χ3n) is 3.80. The van der Waals surface area contributed by atoms with Crippen LogP contribution in [0.4, 0.5) is 11.4 Å². The lowest BCUT2D eigenvalue weighted by molar-refractivity contribution is -0.117. The van der Waals surface area contributed by atoms with Gasteiger partial charge < -0.3 is 11.1 Å². The van der Waals surface area contributed by atoms with Crippen molar-refractivity contribution in [3.8, 4) is 11.4 Å². The minimum Gasteiger partial charge on any atom is -0.398 e. The van der Waals surface area contributed by atoms with Gasteiger partial charge in [0.15, 0.2) is 0 Å². The van der Waals surface area contributed by atoms with Gasteiger partial charge in [0, 0.05) is 16.9 Å². The molecule has 3 rings (SSSR count). The van der Waals surface area contributed by atoms with Crippen molar-refractivity contribution in [2.75, 3.05) is 11.1 Å². The summed E-state index contributed by atoms with van der Waals surface area (Å²) in [6.45, 7) is 4.23. The molecule has 0 aliphatic carbocycles. The van der Waals surface area contributed by atoms with Crippen molar-refractivity contribution >= 4 is 17.3 Å². The fourth-order valence-electron chi connectivity index (χ4n) is 2.40. The summed E-state index contributed by atoms with van der Waals surface area (Å²) in [5, 5.41) is 14.9. The molecule has 1 aromatic heterocycles. The Labute approximate surface area is 145 Å². The van der Waals surface area contributed by atoms with Gasteiger partial charge in [-0.25, -0.2) is 0 Å². The third-order valence-corrected chi connectivity index (χ3v) is 3.80. The van der Waals surface area contributed by atoms with Crippen molar-refractivity contribution in [1.29, 1.82) is 0 Å². The summed E-state index contributed by atoms with van der Waals surface area (Å²) in [7, 11) is 0. The molecule has 0 saturated carbocycles. The first-order valence-electron chi connectivity index (χ1n) is 8.05. The first-order valence-corrected chi connectivity index (χ1v) is 8.05. The highest BCUT2D eigenvalue weighted by Crippen LogP contribution is 2.21. The van der Waals surface area contributed by atoms with Gasteiger partial charge in [0.05, 0.1) is 0 Å². The summed E-state index contributed by atoms with van der Waals surface area (Å²) in [6, 6.07) is 15.0. The van der Waals surface area contributed by atoms with Crippen LogP contribution in [0.1, 0.15) is 25.3 Å². The van der Waals surface area contributed by atoms with E-state index in [1.54, 1.807) is 6.07 Å². The molecule has 0 fully saturated rings. The van der Waals surface area contributed by atoms with E-state index in [0.29, 0.717) is 23.0 Å². The normalized spacial score (nSPS) is 10.8. The number of tetrazole rings is 1. The summed E-state index contributed by atoms with van der Waals surface area (Å²) in [5.41, 5.74) is 9.12. The van der Waals surface area contributed by atoms with Crippen molar-refractivity contribution in [3.63, 3.8) is 0 Å². The van der Waals surface area contributed by atoms with Crippen molar-refractivity contribution in [1.82, 2.24) is 20.2 Å². The smallest absolute Gasteiger partial charge is 0.248 e. The highest BCUT2D eigenvalue weighted by atomic mass is 16.2. The SMILES string of the molecule is CC(C)c1ccc(NC(=O)Cn2nnc(-c3ccccc3N)n2)cc1. The van der Waals surface area contributed by atoms with Gasteiger partial charge in [0.25, 0.3) is 0 Å². The summed E-state index contributed by atoms with van der Waals surface area (Å²) in [5.74, 6) is 0.627. The largest absolute Gasteiger partial charge is 0.398 e. The number of hydrogen-bond donors (Lipinski definition) is 2. The number of nitrogens with two attached hydrogens (primary N) is 1. The minimum absolute atomic E-state index is 0.0222. The number of amides is 1. The van der Waals surface area contributed by atoms with Crippen LogP contribution in [0.15, 0.2) is 48.5 Å². The highest BCUT2D eigenvalue weighted by molar-refractivity contribution is 5.90. The Bertz CT molecular complexity index is 869. The summed E-state index contributed by atoms with van der Waals surface area (Å²) >= 11 is 0. The fourth-order valence-corrected chi connectivity index (χ4v) is 2.40. The molecule has 0 atom stereocenters. The van der Waals surface area contributed by atoms with Crippen molar-refractivity contribution in [2.24, 2.45) is 0 Å². The molecule has 0 spiro atoms. The second kappa shape index (κ2) is 7.12. The Morgan fingerprint density at radius 2 is 1.88 bits per heavy atom. The average molecular weight is 336 g/mol. The van der Waals surface area contributed by atoms with E-state index in [4.69, 9.17) is 5.73 Å². The zero-order valence-corrected chi connectivity index (χ0v) is 14.2. The minimum atomic E-state index is -0.220. The standard InChI is InChI=1S/C18H20N6O/c1-12(2)13-7-9-14(10-8-13)20-17(25)11-24-22-18(21-23-24)15-5-3-4-6-16(15)19/h3-10,12H,11,19H2,1-2H3,(H,20,25). The van der Waals surface area contributed by atoms with Gasteiger partial charge in [-0.3, -0.25) is 4.79 Å². The maximum Gasteiger partial charge on any atom is 0.248 e. The van der Waals surface area contributed by atoms with Crippen LogP contribution in [-0.2, 0) is 11.3 Å². The Hall–Kier alpha value is -3.22. The average Bonchev–Trinajstić information content (AvgIpc) is 3.03. The number of nitrogens with zero attached hydrogens (tertiary/aromatic N) is 4. The first kappa shape index (κ1) is 16.6. The lowest BCUT2D eigenvalue weighted by atomic mass is 10.0. The van der Waals surface area contributed by atoms with Crippen LogP contribution in [-0.4, -0.2) is 26.1 Å². The molecule has 0 aliphatic rings. The van der Waals surface area contributed by atoms with Crippen LogP contribution in [0.3, 0.4) is 0 Å². The number of benzene rings is 2. The Morgan fingerprint density at radius 3 is 2.56 bits per heavy atom. The number of aromatic nitrogens is 4. The number of hydrogen-bond acceptors (Lipinski definition) is 5. The number of rotatable bonds is 5. The van der Waals surface area contributed by atoms with Gasteiger partial charge in [-0.2, -0.15) is 4.80 Å². The van der Waals surface area contributed by atoms with E-state index in [1.807, 2.05) is 42.5 Å². The molecule has 0 unspecified atom stereocenters. The number of nitrogens with one attached hydrogen (secondary N) is 1. The maximum absolute atomic E-state index is 12.1. The topological polar surface area (TPSA) is 98.7 Å². The number of anilines is 2. The van der Waals surface area contributed by atoms with E-state index >= 15 is 0 Å². The molecule has 7 nitrogen and oxygen atoms in total. The van der Waals surface area contributed by atoms with E-state index in [1.165, 1.54) is 10.4 Å². The second-order valence-corrected chi connectivity index (χ2v) is 6.06. The van der Waals surface area contributed by atoms with Crippen LogP contribution in [0.2, 0.25) is 0 Å². The summed E-state index contributed by atoms with van der Waals surface area (Å²) < 4.78 is 0. The second-order valence-electron chi connectivity index (χ2n) is 6.06. The molecule has 3 aromatic rings. The number of nitrogen functional groups attached to an aromatic ring is 1. The van der Waals surface area contributed by atoms with Crippen molar-refractivity contribution in [3.05, 3.63) is 54.1 Å². The van der Waals surface area contributed by atoms with Gasteiger partial charge >= 0.3 is 0 Å². The predicted octanol–water partition coefficient (Wildman–Crippen LogP) is 2.68. The molecule has 128 valence electrons. The van der Waals surface area contributed by atoms with Crippen LogP contribution in [0.25, 0.3) is 11.4 Å². The molecule has 0 bridgehead atoms. The fraction of sp³-hybridized carbons (Fsp3) is 0.222. The highest BCUT2D eigenvalue weighted by Gasteiger charge is 2.11. The zero-order chi connectivity index (χ0) is 17.8. The monoisotopic (exact) mass is 336 g/mol. The van der Waals surface area contributed by atoms with Gasteiger partial charge in [0.1, 0.15) is 6.54 Å². The lowest BCUT2D eigenvalue weighted by Gasteiger charge is -2.08. The molecule has 0 radical (unpaired) electrons. The zero-order valence-electron chi connectivity index (χ0n) is 14.2. The Balaban J connectivity index is 1.65. The van der Waals surface area contributed by atoms with E-state index in [9.17, 15) is 4.79 Å². The summed E-state index contributed by atoms with van der Waals surface area (Å²) in [4.78, 5) is 13.4. The van der Waals surface area contributed by atoms with Crippen LogP contribution in [0, 0.1) is 0 Å². The van der Waals surface area contributed by atoms with Crippen molar-refractivity contribution < 1.29 is 4.79 Å². The maximum atomic E-state index is 12.1. The predicted molar refractivity (Wildman–Crippen MR) is 96.8 cm³/mol. The number of carbonyl (C=O) groups is 1. The van der Waals surface area contributed by atoms with Gasteiger partial charge in [-0.05, 0) is 41.0 Å². The molecule has 3 N–H and O–H groups in total. The van der Waals surface area contributed by atoms with Gasteiger partial charge in [-0.15, -0.1) is 10.2 Å². The summed E-state index contributed by atoms with van der Waals surface area (Å²) in [6.07, 6.45) is 0. The molecule has 2 aromatic carbocycles. The number of para-hydroxylation sites is 1. The van der Waals surface area contributed by atoms with Crippen LogP contribution in [0.5, 0.6) is 0 Å². The Morgan fingerprint density at radius 1 is 1.16 bits per heavy atom. The van der Waals surface area contributed by atoms with E-state index in [-0.39, 0.29) is 12.5 Å². The van der Waals surface area contributed by atoms with E-state index < -0.39 is 0 Å². The van der Waals surface area contributed by atoms with Crippen LogP contribution >= 0.6 is 0 Å². The first-order chi connectivity index (χ1) is 12.0. The van der Waals surface area contributed by atoms with Crippen molar-refractivity contribution in [2.45, 2.75) is 26.3 Å². The van der Waals surface area contributed by atoms with E-state index in [0.717, 1.165) is 5.69 Å². The molecular weight excluding hydrogens is 316 g/mol. The lowest BCUT2D eigenvalue weighted by Crippen LogP contribution is -2.20. The van der Waals surface area contributed by atoms with Crippen LogP contribution < -0.4 is 11.1 Å². The molecule has 25 heavy (non-hydrogen) atoms. The molecule has 7 heteroatoms. The number of carbonyl (C=O) groups excluding carboxylic acids is 1. The molecule has 0 aliphatic heterocycles. The Kier molecular flexibility index (Phi) is 4.74. The quantitative estimate of drug-likeness (QED) is 0.698. The third kappa shape index (κ3) is 4.00. The van der Waals surface area contributed by atoms with Gasteiger partial charge in [0.2, 0.25) is 11.7 Å². The van der Waals surface area contributed by atoms with Gasteiger partial charge in [-0.1, -0.05) is 38.1 Å². The van der Waals surface area contributed by atoms with E-state index in [2.05, 4.69) is 34.6 Å². The molecule has 0 saturated heterocycles.